The van der Waals surface area contributed by atoms with Crippen LogP contribution in [0.5, 0.6) is 0 Å². The van der Waals surface area contributed by atoms with Crippen LogP contribution in [0.15, 0.2) is 39.0 Å². The lowest BCUT2D eigenvalue weighted by Crippen LogP contribution is -2.13. The van der Waals surface area contributed by atoms with E-state index in [0.29, 0.717) is 10.2 Å². The van der Waals surface area contributed by atoms with E-state index < -0.39 is 16.0 Å². The molecule has 20 heavy (non-hydrogen) atoms. The summed E-state index contributed by atoms with van der Waals surface area (Å²) in [5, 5.41) is 10.3. The molecule has 1 aromatic heterocycles. The van der Waals surface area contributed by atoms with E-state index in [1.54, 1.807) is 12.1 Å². The highest BCUT2D eigenvalue weighted by Crippen LogP contribution is 2.22. The van der Waals surface area contributed by atoms with Gasteiger partial charge in [0, 0.05) is 9.85 Å². The minimum absolute atomic E-state index is 0.0989. The van der Waals surface area contributed by atoms with Gasteiger partial charge >= 0.3 is 5.97 Å². The van der Waals surface area contributed by atoms with Gasteiger partial charge in [0.25, 0.3) is 10.0 Å². The smallest absolute Gasteiger partial charge is 0.309 e. The summed E-state index contributed by atoms with van der Waals surface area (Å²) in [6, 6.07) is 6.25. The Morgan fingerprint density at radius 2 is 2.20 bits per heavy atom. The number of anilines is 1. The van der Waals surface area contributed by atoms with E-state index in [1.165, 1.54) is 17.5 Å². The maximum Gasteiger partial charge on any atom is 0.309 e. The number of rotatable bonds is 5. The minimum atomic E-state index is -3.73. The molecule has 2 N–H and O–H groups in total. The Hall–Kier alpha value is -1.45. The molecule has 1 aromatic carbocycles. The Bertz CT molecular complexity index is 742. The summed E-state index contributed by atoms with van der Waals surface area (Å²) in [5.41, 5.74) is 0.314. The highest BCUT2D eigenvalue weighted by molar-refractivity contribution is 9.10. The van der Waals surface area contributed by atoms with Crippen molar-refractivity contribution in [2.45, 2.75) is 11.3 Å². The summed E-state index contributed by atoms with van der Waals surface area (Å²) in [6.45, 7) is 0. The summed E-state index contributed by atoms with van der Waals surface area (Å²) in [4.78, 5) is 14.6. The molecule has 2 aromatic rings. The molecule has 0 spiro atoms. The van der Waals surface area contributed by atoms with Gasteiger partial charge in [0.1, 0.15) is 0 Å². The van der Waals surface area contributed by atoms with Crippen molar-refractivity contribution in [1.29, 1.82) is 0 Å². The van der Waals surface area contributed by atoms with E-state index in [0.717, 1.165) is 11.3 Å². The number of hydrogen-bond acceptors (Lipinski definition) is 5. The van der Waals surface area contributed by atoms with Gasteiger partial charge in [-0.2, -0.15) is 0 Å². The number of nitrogens with zero attached hydrogens (tertiary/aromatic N) is 1. The Morgan fingerprint density at radius 1 is 1.45 bits per heavy atom. The molecule has 0 unspecified atom stereocenters. The zero-order valence-electron chi connectivity index (χ0n) is 9.91. The second-order valence-electron chi connectivity index (χ2n) is 3.78. The zero-order chi connectivity index (χ0) is 14.8. The molecule has 1 heterocycles. The van der Waals surface area contributed by atoms with Crippen LogP contribution in [-0.4, -0.2) is 24.5 Å². The highest BCUT2D eigenvalue weighted by Gasteiger charge is 2.16. The van der Waals surface area contributed by atoms with Crippen molar-refractivity contribution in [2.75, 3.05) is 4.72 Å². The predicted octanol–water partition coefficient (Wildman–Crippen LogP) is 2.33. The van der Waals surface area contributed by atoms with Crippen LogP contribution in [-0.2, 0) is 21.2 Å². The third-order valence-electron chi connectivity index (χ3n) is 2.21. The van der Waals surface area contributed by atoms with E-state index in [1.807, 2.05) is 0 Å². The fourth-order valence-electron chi connectivity index (χ4n) is 1.40. The van der Waals surface area contributed by atoms with Gasteiger partial charge in [-0.05, 0) is 18.2 Å². The van der Waals surface area contributed by atoms with Crippen LogP contribution in [0.3, 0.4) is 0 Å². The van der Waals surface area contributed by atoms with E-state index in [-0.39, 0.29) is 16.4 Å². The van der Waals surface area contributed by atoms with Crippen LogP contribution < -0.4 is 4.72 Å². The van der Waals surface area contributed by atoms with Crippen LogP contribution in [0.4, 0.5) is 5.13 Å². The number of carboxylic acid groups (broad SMARTS) is 1. The number of aliphatic carboxylic acids is 1. The number of benzene rings is 1. The van der Waals surface area contributed by atoms with Crippen molar-refractivity contribution < 1.29 is 18.3 Å². The molecule has 0 saturated heterocycles. The first-order valence-electron chi connectivity index (χ1n) is 5.31. The van der Waals surface area contributed by atoms with Gasteiger partial charge < -0.3 is 5.11 Å². The van der Waals surface area contributed by atoms with E-state index in [4.69, 9.17) is 5.11 Å². The fourth-order valence-corrected chi connectivity index (χ4v) is 3.96. The highest BCUT2D eigenvalue weighted by atomic mass is 79.9. The third-order valence-corrected chi connectivity index (χ3v) is 4.98. The second kappa shape index (κ2) is 5.90. The monoisotopic (exact) mass is 376 g/mol. The zero-order valence-corrected chi connectivity index (χ0v) is 13.1. The lowest BCUT2D eigenvalue weighted by Gasteiger charge is -2.05. The molecule has 9 heteroatoms. The molecule has 106 valence electrons. The number of carbonyl (C=O) groups is 1. The molecule has 0 saturated carbocycles. The normalized spacial score (nSPS) is 11.2. The number of thiazole rings is 1. The molecule has 0 atom stereocenters. The topological polar surface area (TPSA) is 96.4 Å². The number of hydrogen-bond donors (Lipinski definition) is 2. The van der Waals surface area contributed by atoms with Crippen LogP contribution in [0.2, 0.25) is 0 Å². The summed E-state index contributed by atoms with van der Waals surface area (Å²) < 4.78 is 27.2. The van der Waals surface area contributed by atoms with E-state index in [2.05, 4.69) is 25.6 Å². The molecule has 0 aliphatic carbocycles. The van der Waals surface area contributed by atoms with Gasteiger partial charge in [0.15, 0.2) is 5.13 Å². The Morgan fingerprint density at radius 3 is 2.85 bits per heavy atom. The first kappa shape index (κ1) is 14.9. The summed E-state index contributed by atoms with van der Waals surface area (Å²) in [6.07, 6.45) is -0.241. The molecular formula is C11H9BrN2O4S2. The Kier molecular flexibility index (Phi) is 4.41. The van der Waals surface area contributed by atoms with Crippen LogP contribution in [0.25, 0.3) is 0 Å². The average molecular weight is 377 g/mol. The number of nitrogens with one attached hydrogen (secondary N) is 1. The molecular weight excluding hydrogens is 368 g/mol. The molecule has 0 radical (unpaired) electrons. The average Bonchev–Trinajstić information content (AvgIpc) is 2.74. The summed E-state index contributed by atoms with van der Waals surface area (Å²) >= 11 is 4.24. The second-order valence-corrected chi connectivity index (χ2v) is 7.23. The van der Waals surface area contributed by atoms with E-state index in [9.17, 15) is 13.2 Å². The van der Waals surface area contributed by atoms with Gasteiger partial charge in [-0.3, -0.25) is 9.52 Å². The SMILES string of the molecule is O=C(O)Cc1csc(NS(=O)(=O)c2cccc(Br)c2)n1. The first-order chi connectivity index (χ1) is 9.37. The lowest BCUT2D eigenvalue weighted by molar-refractivity contribution is -0.136. The summed E-state index contributed by atoms with van der Waals surface area (Å²) in [7, 11) is -3.73. The first-order valence-corrected chi connectivity index (χ1v) is 8.47. The van der Waals surface area contributed by atoms with Gasteiger partial charge in [-0.25, -0.2) is 13.4 Å². The Labute approximate surface area is 127 Å². The van der Waals surface area contributed by atoms with Crippen molar-refractivity contribution in [3.63, 3.8) is 0 Å². The van der Waals surface area contributed by atoms with Crippen molar-refractivity contribution in [3.05, 3.63) is 39.8 Å². The van der Waals surface area contributed by atoms with Gasteiger partial charge in [0.05, 0.1) is 17.0 Å². The largest absolute Gasteiger partial charge is 0.481 e. The number of sulfonamides is 1. The Balaban J connectivity index is 2.20. The molecule has 2 rings (SSSR count). The standard InChI is InChI=1S/C11H9BrN2O4S2/c12-7-2-1-3-9(4-7)20(17,18)14-11-13-8(6-19-11)5-10(15)16/h1-4,6H,5H2,(H,13,14)(H,15,16). The molecule has 0 aliphatic heterocycles. The van der Waals surface area contributed by atoms with Crippen molar-refractivity contribution in [2.24, 2.45) is 0 Å². The molecule has 0 bridgehead atoms. The van der Waals surface area contributed by atoms with Gasteiger partial charge in [-0.1, -0.05) is 22.0 Å². The quantitative estimate of drug-likeness (QED) is 0.834. The number of aromatic nitrogens is 1. The number of halogens is 1. The van der Waals surface area contributed by atoms with Crippen LogP contribution in [0, 0.1) is 0 Å². The maximum atomic E-state index is 12.1. The number of carboxylic acids is 1. The van der Waals surface area contributed by atoms with Crippen molar-refractivity contribution >= 4 is 48.4 Å². The van der Waals surface area contributed by atoms with Crippen molar-refractivity contribution in [1.82, 2.24) is 4.98 Å². The predicted molar refractivity (Wildman–Crippen MR) is 78.4 cm³/mol. The minimum Gasteiger partial charge on any atom is -0.481 e. The van der Waals surface area contributed by atoms with E-state index >= 15 is 0 Å². The van der Waals surface area contributed by atoms with Gasteiger partial charge in [-0.15, -0.1) is 11.3 Å². The summed E-state index contributed by atoms with van der Waals surface area (Å²) in [5.74, 6) is -1.02. The fraction of sp³-hybridized carbons (Fsp3) is 0.0909. The molecule has 0 fully saturated rings. The van der Waals surface area contributed by atoms with Gasteiger partial charge in [0.2, 0.25) is 0 Å². The maximum absolute atomic E-state index is 12.1. The third kappa shape index (κ3) is 3.78. The van der Waals surface area contributed by atoms with Crippen LogP contribution in [0.1, 0.15) is 5.69 Å². The molecule has 6 nitrogen and oxygen atoms in total. The lowest BCUT2D eigenvalue weighted by atomic mass is 10.3. The van der Waals surface area contributed by atoms with Crippen molar-refractivity contribution in [3.8, 4) is 0 Å². The molecule has 0 aliphatic rings. The van der Waals surface area contributed by atoms with Crippen LogP contribution >= 0.6 is 27.3 Å². The molecule has 0 amide bonds.